The molecule has 0 saturated carbocycles. The molecule has 656 valence electrons. The minimum Gasteiger partial charge on any atom is -1.00 e. The van der Waals surface area contributed by atoms with Crippen molar-refractivity contribution in [3.8, 4) is 0 Å². The summed E-state index contributed by atoms with van der Waals surface area (Å²) < 4.78 is 509. The van der Waals surface area contributed by atoms with Crippen LogP contribution < -0.4 is 128 Å². The van der Waals surface area contributed by atoms with Gasteiger partial charge in [-0.1, -0.05) is 181 Å². The predicted molar refractivity (Wildman–Crippen MR) is 407 cm³/mol. The van der Waals surface area contributed by atoms with Crippen LogP contribution in [0.5, 0.6) is 0 Å². The van der Waals surface area contributed by atoms with E-state index in [-0.39, 0.29) is 140 Å². The smallest absolute Gasteiger partial charge is 1.00 e. The quantitative estimate of drug-likeness (QED) is 0.0309. The van der Waals surface area contributed by atoms with Crippen LogP contribution >= 0.6 is 0 Å². The van der Waals surface area contributed by atoms with Crippen LogP contribution in [0.2, 0.25) is 0 Å². The van der Waals surface area contributed by atoms with Crippen molar-refractivity contribution >= 4 is 105 Å². The van der Waals surface area contributed by atoms with E-state index in [1.807, 2.05) is 0 Å². The van der Waals surface area contributed by atoms with Crippen molar-refractivity contribution in [1.29, 1.82) is 0 Å². The molecule has 127 heavy (non-hydrogen) atoms. The van der Waals surface area contributed by atoms with Crippen LogP contribution in [-0.4, -0.2) is 12.3 Å². The summed E-state index contributed by atoms with van der Waals surface area (Å²) in [6, 6.07) is 42.8. The maximum absolute atomic E-state index is 16.1. The van der Waals surface area contributed by atoms with Crippen LogP contribution in [0.4, 0.5) is 140 Å². The van der Waals surface area contributed by atoms with Crippen LogP contribution in [0.15, 0.2) is 174 Å². The van der Waals surface area contributed by atoms with Gasteiger partial charge in [-0.3, -0.25) is 0 Å². The minimum atomic E-state index is -6.71. The Labute approximate surface area is 750 Å². The fourth-order valence-corrected chi connectivity index (χ4v) is 18.2. The summed E-state index contributed by atoms with van der Waals surface area (Å²) in [5, 5.41) is 0. The fourth-order valence-electron chi connectivity index (χ4n) is 13.7. The predicted octanol–water partition coefficient (Wildman–Crippen LogP) is 10.00. The maximum atomic E-state index is 16.1. The molecule has 0 spiro atoms. The zero-order valence-corrected chi connectivity index (χ0v) is 70.3. The van der Waals surface area contributed by atoms with Crippen LogP contribution in [0, 0.1) is 200 Å². The van der Waals surface area contributed by atoms with Gasteiger partial charge in [0.15, 0.2) is 107 Å². The first kappa shape index (κ1) is 105. The van der Waals surface area contributed by atoms with E-state index >= 15 is 140 Å². The van der Waals surface area contributed by atoms with E-state index < -0.39 is 287 Å². The van der Waals surface area contributed by atoms with Crippen molar-refractivity contribution in [3.63, 3.8) is 0 Å². The van der Waals surface area contributed by atoms with E-state index in [0.29, 0.717) is 0 Å². The van der Waals surface area contributed by atoms with Crippen molar-refractivity contribution < 1.29 is 225 Å². The van der Waals surface area contributed by atoms with Crippen molar-refractivity contribution in [1.82, 2.24) is 0 Å². The normalized spacial score (nSPS) is 11.0. The second-order valence-electron chi connectivity index (χ2n) is 25.4. The largest absolute Gasteiger partial charge is 1.00 e. The van der Waals surface area contributed by atoms with Gasteiger partial charge in [0, 0.05) is 0 Å². The minimum absolute atomic E-state index is 0. The van der Waals surface area contributed by atoms with E-state index in [1.165, 1.54) is 14.3 Å². The zero-order valence-electron chi connectivity index (χ0n) is 63.2. The Bertz CT molecular complexity index is 5090. The Morgan fingerprint density at radius 1 is 0.165 bits per heavy atom. The van der Waals surface area contributed by atoms with Crippen LogP contribution in [0.3, 0.4) is 0 Å². The second kappa shape index (κ2) is 42.9. The summed E-state index contributed by atoms with van der Waals surface area (Å²) in [5.41, 5.74) is -39.3. The summed E-state index contributed by atoms with van der Waals surface area (Å²) in [4.78, 5) is 0. The number of benzene rings is 12. The number of rotatable bonds is 20. The molecule has 0 unspecified atom stereocenters. The summed E-state index contributed by atoms with van der Waals surface area (Å²) in [6.45, 7) is 22.6. The molecule has 0 aliphatic heterocycles. The molecule has 0 bridgehead atoms. The molecule has 12 rings (SSSR count). The molecule has 12 aromatic rings. The molecule has 0 aliphatic rings. The first-order valence-corrected chi connectivity index (χ1v) is 38.6. The first-order valence-electron chi connectivity index (χ1n) is 34.3. The number of hydrogen-bond donors (Lipinski definition) is 0. The van der Waals surface area contributed by atoms with Gasteiger partial charge in [-0.25, -0.2) is 140 Å². The van der Waals surface area contributed by atoms with Gasteiger partial charge in [0.05, 0.1) is 44.5 Å². The molecule has 0 saturated heterocycles. The molecule has 12 aromatic carbocycles. The molecule has 0 N–H and O–H groups in total. The summed E-state index contributed by atoms with van der Waals surface area (Å²) in [5.74, 6) is -95.0. The third-order valence-electron chi connectivity index (χ3n) is 19.1. The van der Waals surface area contributed by atoms with E-state index in [0.717, 1.165) is 0 Å². The Morgan fingerprint density at radius 3 is 0.331 bits per heavy atom. The summed E-state index contributed by atoms with van der Waals surface area (Å²) >= 11 is 0.0574. The van der Waals surface area contributed by atoms with Gasteiger partial charge in [0.1, 0.15) is 105 Å². The van der Waals surface area contributed by atoms with Gasteiger partial charge in [-0.2, -0.15) is 0 Å². The first-order chi connectivity index (χ1) is 58.6. The monoisotopic (exact) mass is 2060 g/mol. The molecule has 38 heteroatoms. The number of halogens is 35. The SMILES string of the molecule is C.C=Cc1c(F)c(F)c([B-](c2c(F)c(F)c(C=C)c(F)c2F)(c2c(F)c(F)c(C=C)c(F)c2F)c2c(F)c(F)c(C=C)c(F)c2F)c(F)c1F.C=Cc1c(F)c(F)c([B-](c2c(F)c(F)c(C=C)c(F)c2F)(c2c(F)c(F)c(C=C)c(F)c2F)c2c(F)c(F)c(C=C)c(F)c2F)c(F)c1F.[Cl-].[Na+].c1ccc([I+]c2ccccc2)cc1.c1ccc([I+]c2ccccc2)cc1. The van der Waals surface area contributed by atoms with Gasteiger partial charge in [0.25, 0.3) is 0 Å². The molecular formula is C89H48B2ClF32I2Na. The third-order valence-corrected chi connectivity index (χ3v) is 24.5. The topological polar surface area (TPSA) is 0 Å². The van der Waals surface area contributed by atoms with Gasteiger partial charge in [-0.15, -0.1) is 43.7 Å². The Kier molecular flexibility index (Phi) is 35.4. The second-order valence-corrected chi connectivity index (χ2v) is 31.5. The van der Waals surface area contributed by atoms with Crippen molar-refractivity contribution in [2.45, 2.75) is 7.43 Å². The molecule has 0 nitrogen and oxygen atoms in total. The molecule has 0 radical (unpaired) electrons. The van der Waals surface area contributed by atoms with E-state index in [1.54, 1.807) is 0 Å². The Morgan fingerprint density at radius 2 is 0.252 bits per heavy atom. The van der Waals surface area contributed by atoms with Crippen LogP contribution in [0.1, 0.15) is 51.9 Å². The van der Waals surface area contributed by atoms with Gasteiger partial charge in [0.2, 0.25) is 0 Å². The van der Waals surface area contributed by atoms with E-state index in [2.05, 4.69) is 174 Å². The van der Waals surface area contributed by atoms with E-state index in [4.69, 9.17) is 0 Å². The Hall–Kier alpha value is -10.8. The molecule has 0 aliphatic carbocycles. The maximum Gasteiger partial charge on any atom is 1.00 e. The third kappa shape index (κ3) is 18.1. The van der Waals surface area contributed by atoms with Gasteiger partial charge in [-0.05, 0) is 48.5 Å². The average molecular weight is 2060 g/mol. The fraction of sp³-hybridized carbons (Fsp3) is 0.0112. The molecule has 0 heterocycles. The van der Waals surface area contributed by atoms with E-state index in [9.17, 15) is 0 Å². The van der Waals surface area contributed by atoms with Crippen LogP contribution in [0.25, 0.3) is 48.6 Å². The zero-order chi connectivity index (χ0) is 92.2. The molecule has 0 aromatic heterocycles. The molecular weight excluding hydrogens is 2010 g/mol. The van der Waals surface area contributed by atoms with Crippen molar-refractivity contribution in [2.24, 2.45) is 0 Å². The summed E-state index contributed by atoms with van der Waals surface area (Å²) in [7, 11) is 0. The van der Waals surface area contributed by atoms with Crippen molar-refractivity contribution in [2.75, 3.05) is 0 Å². The standard InChI is InChI=1S/2C32H12BF16.2C12H10I.CH4.ClH.Na/c2*1-5-9-17(34)25(42)13(26(43)18(9)35)33(14-27(44)19(36)10(6-2)20(37)28(14)45,15-29(46)21(38)11(7-3)22(39)30(15)47)16-31(48)23(40)12(8-4)24(41)32(16)49;2*1-3-7-11(8-4-1)13-12-9-5-2-6-10-12;;;/h2*5-8H,1-4H2;2*1-10H;1H4;1H;/q2*-1;2*+1;;;+1/p-1. The molecule has 0 atom stereocenters. The number of hydrogen-bond acceptors (Lipinski definition) is 0. The summed E-state index contributed by atoms with van der Waals surface area (Å²) in [6.07, 6.45) is -13.3. The van der Waals surface area contributed by atoms with Gasteiger partial charge < -0.3 is 12.4 Å². The van der Waals surface area contributed by atoms with Gasteiger partial charge >= 0.3 is 72.0 Å². The molecule has 0 amide bonds. The average Bonchev–Trinajstić information content (AvgIpc) is 0.683. The Balaban J connectivity index is 0.000000298. The molecule has 0 fully saturated rings. The van der Waals surface area contributed by atoms with Crippen molar-refractivity contribution in [3.05, 3.63) is 419 Å². The van der Waals surface area contributed by atoms with Crippen LogP contribution in [-0.2, 0) is 0 Å².